The van der Waals surface area contributed by atoms with E-state index < -0.39 is 45.3 Å². The minimum absolute atomic E-state index is 0.0142. The van der Waals surface area contributed by atoms with E-state index >= 15 is 0 Å². The van der Waals surface area contributed by atoms with Gasteiger partial charge in [-0.05, 0) is 0 Å². The van der Waals surface area contributed by atoms with Crippen molar-refractivity contribution in [1.29, 1.82) is 0 Å². The van der Waals surface area contributed by atoms with Crippen LogP contribution in [-0.4, -0.2) is 41.0 Å². The fourth-order valence-electron chi connectivity index (χ4n) is 1.98. The van der Waals surface area contributed by atoms with Crippen LogP contribution in [0.15, 0.2) is 21.9 Å². The minimum Gasteiger partial charge on any atom is -0.351 e. The lowest BCUT2D eigenvalue weighted by Gasteiger charge is -2.17. The molecule has 8 nitrogen and oxygen atoms in total. The zero-order valence-corrected chi connectivity index (χ0v) is 13.5. The molecule has 0 unspecified atom stereocenters. The molecule has 0 radical (unpaired) electrons. The number of hydrogen-bond donors (Lipinski definition) is 1. The Hall–Kier alpha value is -1.18. The van der Waals surface area contributed by atoms with Crippen molar-refractivity contribution in [2.24, 2.45) is 0 Å². The summed E-state index contributed by atoms with van der Waals surface area (Å²) in [6.45, 7) is 0. The molecule has 0 spiro atoms. The number of alkyl halides is 4. The summed E-state index contributed by atoms with van der Waals surface area (Å²) in [7, 11) is -5.79. The van der Waals surface area contributed by atoms with Crippen LogP contribution >= 0.6 is 15.9 Å². The number of nitrogens with zero attached hydrogens (tertiary/aromatic N) is 1. The van der Waals surface area contributed by atoms with Crippen LogP contribution in [0.2, 0.25) is 0 Å². The van der Waals surface area contributed by atoms with Crippen molar-refractivity contribution in [3.8, 4) is 0 Å². The lowest BCUT2D eigenvalue weighted by Crippen LogP contribution is -2.34. The van der Waals surface area contributed by atoms with Crippen molar-refractivity contribution in [2.45, 2.75) is 30.4 Å². The van der Waals surface area contributed by atoms with E-state index in [0.717, 1.165) is 16.8 Å². The van der Waals surface area contributed by atoms with E-state index in [1.165, 1.54) is 0 Å². The molecule has 1 fully saturated rings. The topological polar surface area (TPSA) is 107 Å². The van der Waals surface area contributed by atoms with E-state index in [0.29, 0.717) is 0 Å². The highest BCUT2D eigenvalue weighted by Crippen LogP contribution is 2.35. The van der Waals surface area contributed by atoms with Crippen LogP contribution < -0.4 is 11.2 Å². The lowest BCUT2D eigenvalue weighted by atomic mass is 10.2. The molecular formula is C10H10BrF3N2O6S. The third-order valence-corrected chi connectivity index (χ3v) is 4.73. The number of H-pyrrole nitrogens is 1. The number of hydrogen-bond acceptors (Lipinski definition) is 6. The second-order valence-electron chi connectivity index (χ2n) is 4.57. The fraction of sp³-hybridized carbons (Fsp3) is 0.600. The summed E-state index contributed by atoms with van der Waals surface area (Å²) in [5.41, 5.74) is -7.06. The zero-order chi connectivity index (χ0) is 17.4. The summed E-state index contributed by atoms with van der Waals surface area (Å²) in [6, 6.07) is 1.02. The summed E-state index contributed by atoms with van der Waals surface area (Å²) in [5.74, 6) is 0. The van der Waals surface area contributed by atoms with Gasteiger partial charge in [0.1, 0.15) is 12.3 Å². The van der Waals surface area contributed by atoms with Gasteiger partial charge in [0.25, 0.3) is 5.56 Å². The average molecular weight is 423 g/mol. The van der Waals surface area contributed by atoms with E-state index in [1.54, 1.807) is 0 Å². The Morgan fingerprint density at radius 2 is 2.09 bits per heavy atom. The molecule has 2 rings (SSSR count). The third kappa shape index (κ3) is 3.84. The van der Waals surface area contributed by atoms with Gasteiger partial charge in [-0.1, -0.05) is 15.9 Å². The van der Waals surface area contributed by atoms with Crippen LogP contribution in [-0.2, 0) is 19.0 Å². The second-order valence-corrected chi connectivity index (χ2v) is 6.78. The molecule has 13 heteroatoms. The Labute approximate surface area is 135 Å². The Bertz CT molecular complexity index is 789. The van der Waals surface area contributed by atoms with Crippen LogP contribution in [0, 0.1) is 0 Å². The van der Waals surface area contributed by atoms with E-state index in [4.69, 9.17) is 4.74 Å². The van der Waals surface area contributed by atoms with E-state index in [9.17, 15) is 31.2 Å². The number of halogens is 4. The van der Waals surface area contributed by atoms with Gasteiger partial charge in [0, 0.05) is 24.0 Å². The first-order valence-corrected chi connectivity index (χ1v) is 8.60. The highest BCUT2D eigenvalue weighted by atomic mass is 79.9. The molecule has 0 saturated carbocycles. The van der Waals surface area contributed by atoms with Crippen molar-refractivity contribution in [3.05, 3.63) is 33.1 Å². The number of ether oxygens (including phenoxy) is 1. The summed E-state index contributed by atoms with van der Waals surface area (Å²) in [4.78, 5) is 24.6. The maximum Gasteiger partial charge on any atom is 0.523 e. The predicted molar refractivity (Wildman–Crippen MR) is 73.5 cm³/mol. The summed E-state index contributed by atoms with van der Waals surface area (Å²) in [6.07, 6.45) is -2.77. The van der Waals surface area contributed by atoms with Crippen molar-refractivity contribution >= 4 is 26.0 Å². The van der Waals surface area contributed by atoms with E-state index in [1.807, 2.05) is 4.98 Å². The van der Waals surface area contributed by atoms with Crippen LogP contribution in [0.4, 0.5) is 13.2 Å². The summed E-state index contributed by atoms with van der Waals surface area (Å²) in [5, 5.41) is -0.0142. The molecule has 0 bridgehead atoms. The first-order valence-electron chi connectivity index (χ1n) is 6.07. The lowest BCUT2D eigenvalue weighted by molar-refractivity contribution is -0.0602. The van der Waals surface area contributed by atoms with Crippen molar-refractivity contribution < 1.29 is 30.5 Å². The Morgan fingerprint density at radius 1 is 1.43 bits per heavy atom. The standard InChI is InChI=1S/C10H10BrF3N2O6S/c11-4-6-5(22-23(19,20)10(12,13)14)3-8(21-6)16-2-1-7(17)15-9(16)18/h1-2,5-6,8H,3-4H2,(H,15,17,18)/t5-,6+,8+/m0/s1. The number of aromatic amines is 1. The van der Waals surface area contributed by atoms with Gasteiger partial charge in [-0.15, -0.1) is 0 Å². The van der Waals surface area contributed by atoms with Crippen LogP contribution in [0.3, 0.4) is 0 Å². The molecule has 0 aromatic carbocycles. The molecule has 1 aromatic rings. The highest BCUT2D eigenvalue weighted by molar-refractivity contribution is 9.09. The van der Waals surface area contributed by atoms with Gasteiger partial charge in [0.15, 0.2) is 0 Å². The van der Waals surface area contributed by atoms with Crippen molar-refractivity contribution in [1.82, 2.24) is 9.55 Å². The molecule has 130 valence electrons. The zero-order valence-electron chi connectivity index (χ0n) is 11.1. The second kappa shape index (κ2) is 6.37. The quantitative estimate of drug-likeness (QED) is 0.428. The fourth-order valence-corrected chi connectivity index (χ4v) is 3.19. The molecule has 3 atom stereocenters. The molecule has 1 N–H and O–H groups in total. The van der Waals surface area contributed by atoms with Crippen LogP contribution in [0.25, 0.3) is 0 Å². The maximum atomic E-state index is 12.4. The number of nitrogens with one attached hydrogen (secondary N) is 1. The third-order valence-electron chi connectivity index (χ3n) is 3.03. The smallest absolute Gasteiger partial charge is 0.351 e. The van der Waals surface area contributed by atoms with E-state index in [-0.39, 0.29) is 11.8 Å². The van der Waals surface area contributed by atoms with Crippen LogP contribution in [0.1, 0.15) is 12.6 Å². The first-order chi connectivity index (χ1) is 10.5. The molecule has 23 heavy (non-hydrogen) atoms. The highest BCUT2D eigenvalue weighted by Gasteiger charge is 2.51. The molecule has 0 aliphatic carbocycles. The number of aromatic nitrogens is 2. The van der Waals surface area contributed by atoms with Gasteiger partial charge in [0.05, 0.1) is 6.10 Å². The minimum atomic E-state index is -5.79. The SMILES string of the molecule is O=c1ccn([C@H]2C[C@H](OS(=O)(=O)C(F)(F)F)[C@@H](CBr)O2)c(=O)[nH]1. The molecule has 1 aromatic heterocycles. The Morgan fingerprint density at radius 3 is 2.61 bits per heavy atom. The molecular weight excluding hydrogens is 413 g/mol. The molecule has 1 saturated heterocycles. The molecule has 0 amide bonds. The Balaban J connectivity index is 2.24. The average Bonchev–Trinajstić information content (AvgIpc) is 2.79. The number of rotatable bonds is 4. The van der Waals surface area contributed by atoms with Gasteiger partial charge >= 0.3 is 21.3 Å². The summed E-state index contributed by atoms with van der Waals surface area (Å²) >= 11 is 2.98. The largest absolute Gasteiger partial charge is 0.523 e. The normalized spacial score (nSPS) is 25.7. The monoisotopic (exact) mass is 422 g/mol. The molecule has 1 aliphatic heterocycles. The van der Waals surface area contributed by atoms with Gasteiger partial charge in [-0.25, -0.2) is 4.79 Å². The molecule has 2 heterocycles. The first kappa shape index (κ1) is 18.2. The van der Waals surface area contributed by atoms with Gasteiger partial charge in [-0.3, -0.25) is 18.5 Å². The van der Waals surface area contributed by atoms with Crippen molar-refractivity contribution in [2.75, 3.05) is 5.33 Å². The maximum absolute atomic E-state index is 12.4. The summed E-state index contributed by atoms with van der Waals surface area (Å²) < 4.78 is 69.8. The van der Waals surface area contributed by atoms with Gasteiger partial charge < -0.3 is 4.74 Å². The van der Waals surface area contributed by atoms with Crippen molar-refractivity contribution in [3.63, 3.8) is 0 Å². The molecule has 1 aliphatic rings. The van der Waals surface area contributed by atoms with E-state index in [2.05, 4.69) is 20.1 Å². The van der Waals surface area contributed by atoms with Gasteiger partial charge in [0.2, 0.25) is 0 Å². The van der Waals surface area contributed by atoms with Crippen LogP contribution in [0.5, 0.6) is 0 Å². The Kier molecular flexibility index (Phi) is 5.03. The van der Waals surface area contributed by atoms with Gasteiger partial charge in [-0.2, -0.15) is 21.6 Å². The predicted octanol–water partition coefficient (Wildman–Crippen LogP) is 0.454.